The predicted octanol–water partition coefficient (Wildman–Crippen LogP) is 5.12. The standard InChI is InChI=1S/C19H13F3N4OS/c1-9-7-10(8-27-2)13-14-15(28-17(13)23-9)16-24-11-5-3-4-6-12(11)26(16)18(25-14)19(20,21)22/h3-7H,8H2,1-2H3. The molecule has 5 aromatic rings. The van der Waals surface area contributed by atoms with E-state index < -0.39 is 12.0 Å². The molecule has 0 saturated heterocycles. The van der Waals surface area contributed by atoms with Gasteiger partial charge in [-0.1, -0.05) is 12.1 Å². The maximum atomic E-state index is 13.9. The van der Waals surface area contributed by atoms with Gasteiger partial charge in [0.15, 0.2) is 5.65 Å². The van der Waals surface area contributed by atoms with Crippen molar-refractivity contribution >= 4 is 48.5 Å². The van der Waals surface area contributed by atoms with Crippen molar-refractivity contribution in [2.24, 2.45) is 0 Å². The van der Waals surface area contributed by atoms with E-state index in [1.54, 1.807) is 31.4 Å². The number of hydrogen-bond donors (Lipinski definition) is 0. The molecule has 0 amide bonds. The summed E-state index contributed by atoms with van der Waals surface area (Å²) in [5, 5.41) is 0.590. The first kappa shape index (κ1) is 17.3. The van der Waals surface area contributed by atoms with Crippen LogP contribution in [0.15, 0.2) is 30.3 Å². The highest BCUT2D eigenvalue weighted by Crippen LogP contribution is 2.40. The summed E-state index contributed by atoms with van der Waals surface area (Å²) in [6.07, 6.45) is -4.64. The Kier molecular flexibility index (Phi) is 3.62. The number of halogens is 3. The molecule has 0 saturated carbocycles. The number of thiophene rings is 1. The van der Waals surface area contributed by atoms with Crippen molar-refractivity contribution in [3.63, 3.8) is 0 Å². The van der Waals surface area contributed by atoms with Gasteiger partial charge in [0.25, 0.3) is 0 Å². The van der Waals surface area contributed by atoms with Crippen molar-refractivity contribution in [2.75, 3.05) is 7.11 Å². The summed E-state index contributed by atoms with van der Waals surface area (Å²) < 4.78 is 48.7. The van der Waals surface area contributed by atoms with Crippen LogP contribution in [0.5, 0.6) is 0 Å². The summed E-state index contributed by atoms with van der Waals surface area (Å²) >= 11 is 1.30. The topological polar surface area (TPSA) is 52.3 Å². The largest absolute Gasteiger partial charge is 0.450 e. The molecule has 0 radical (unpaired) electrons. The van der Waals surface area contributed by atoms with Crippen LogP contribution in [0.1, 0.15) is 17.1 Å². The van der Waals surface area contributed by atoms with E-state index in [1.807, 2.05) is 13.0 Å². The molecule has 4 heterocycles. The zero-order valence-corrected chi connectivity index (χ0v) is 15.6. The molecule has 0 aliphatic rings. The number of benzene rings is 1. The molecule has 142 valence electrons. The monoisotopic (exact) mass is 402 g/mol. The van der Waals surface area contributed by atoms with Gasteiger partial charge in [-0.05, 0) is 30.7 Å². The van der Waals surface area contributed by atoms with E-state index in [4.69, 9.17) is 4.74 Å². The minimum absolute atomic E-state index is 0.238. The van der Waals surface area contributed by atoms with Crippen LogP contribution in [-0.4, -0.2) is 26.5 Å². The Morgan fingerprint density at radius 2 is 1.93 bits per heavy atom. The fraction of sp³-hybridized carbons (Fsp3) is 0.211. The van der Waals surface area contributed by atoms with Gasteiger partial charge in [0.05, 0.1) is 27.9 Å². The van der Waals surface area contributed by atoms with Crippen molar-refractivity contribution in [1.29, 1.82) is 0 Å². The number of nitrogens with zero attached hydrogens (tertiary/aromatic N) is 4. The maximum Gasteiger partial charge on any atom is 0.450 e. The van der Waals surface area contributed by atoms with Crippen LogP contribution in [0.4, 0.5) is 13.2 Å². The van der Waals surface area contributed by atoms with E-state index in [1.165, 1.54) is 11.3 Å². The van der Waals surface area contributed by atoms with Gasteiger partial charge >= 0.3 is 6.18 Å². The van der Waals surface area contributed by atoms with E-state index in [-0.39, 0.29) is 17.8 Å². The zero-order chi connectivity index (χ0) is 19.6. The number of rotatable bonds is 2. The molecule has 28 heavy (non-hydrogen) atoms. The average molecular weight is 402 g/mol. The van der Waals surface area contributed by atoms with Gasteiger partial charge in [-0.3, -0.25) is 4.40 Å². The zero-order valence-electron chi connectivity index (χ0n) is 14.8. The molecule has 0 fully saturated rings. The van der Waals surface area contributed by atoms with E-state index in [9.17, 15) is 13.2 Å². The first-order valence-corrected chi connectivity index (χ1v) is 9.26. The second-order valence-corrected chi connectivity index (χ2v) is 7.51. The number of hydrogen-bond acceptors (Lipinski definition) is 5. The van der Waals surface area contributed by atoms with E-state index >= 15 is 0 Å². The second-order valence-electron chi connectivity index (χ2n) is 6.51. The van der Waals surface area contributed by atoms with Crippen molar-refractivity contribution in [2.45, 2.75) is 19.7 Å². The quantitative estimate of drug-likeness (QED) is 0.411. The fourth-order valence-corrected chi connectivity index (χ4v) is 4.75. The lowest BCUT2D eigenvalue weighted by atomic mass is 10.1. The Bertz CT molecular complexity index is 1390. The average Bonchev–Trinajstić information content (AvgIpc) is 3.18. The van der Waals surface area contributed by atoms with Crippen molar-refractivity contribution < 1.29 is 17.9 Å². The molecule has 0 N–H and O–H groups in total. The van der Waals surface area contributed by atoms with Gasteiger partial charge in [0, 0.05) is 18.2 Å². The van der Waals surface area contributed by atoms with Crippen molar-refractivity contribution in [1.82, 2.24) is 19.4 Å². The number of methoxy groups -OCH3 is 1. The lowest BCUT2D eigenvalue weighted by Crippen LogP contribution is -2.14. The molecule has 5 rings (SSSR count). The van der Waals surface area contributed by atoms with Crippen LogP contribution in [-0.2, 0) is 17.5 Å². The minimum atomic E-state index is -4.64. The Morgan fingerprint density at radius 1 is 1.14 bits per heavy atom. The highest BCUT2D eigenvalue weighted by atomic mass is 32.1. The summed E-state index contributed by atoms with van der Waals surface area (Å²) in [6.45, 7) is 2.10. The molecule has 1 aromatic carbocycles. The number of pyridine rings is 1. The molecular weight excluding hydrogens is 389 g/mol. The third-order valence-electron chi connectivity index (χ3n) is 4.59. The summed E-state index contributed by atoms with van der Waals surface area (Å²) in [4.78, 5) is 13.7. The van der Waals surface area contributed by atoms with Crippen LogP contribution in [0.25, 0.3) is 37.1 Å². The summed E-state index contributed by atoms with van der Waals surface area (Å²) in [7, 11) is 1.55. The van der Waals surface area contributed by atoms with Crippen molar-refractivity contribution in [3.8, 4) is 0 Å². The van der Waals surface area contributed by atoms with Gasteiger partial charge < -0.3 is 4.74 Å². The lowest BCUT2D eigenvalue weighted by molar-refractivity contribution is -0.145. The van der Waals surface area contributed by atoms with Crippen LogP contribution >= 0.6 is 11.3 Å². The lowest BCUT2D eigenvalue weighted by Gasteiger charge is -2.10. The summed E-state index contributed by atoms with van der Waals surface area (Å²) in [6, 6.07) is 8.57. The number of imidazole rings is 1. The van der Waals surface area contributed by atoms with E-state index in [2.05, 4.69) is 15.0 Å². The Labute approximate surface area is 160 Å². The molecule has 0 unspecified atom stereocenters. The number of para-hydroxylation sites is 2. The molecule has 0 atom stereocenters. The highest BCUT2D eigenvalue weighted by molar-refractivity contribution is 7.26. The van der Waals surface area contributed by atoms with Crippen molar-refractivity contribution in [3.05, 3.63) is 47.4 Å². The second kappa shape index (κ2) is 5.86. The van der Waals surface area contributed by atoms with Gasteiger partial charge in [0.2, 0.25) is 5.82 Å². The van der Waals surface area contributed by atoms with Gasteiger partial charge in [-0.15, -0.1) is 11.3 Å². The molecule has 0 aliphatic heterocycles. The third-order valence-corrected chi connectivity index (χ3v) is 5.66. The van der Waals surface area contributed by atoms with Gasteiger partial charge in [0.1, 0.15) is 4.83 Å². The number of alkyl halides is 3. The fourth-order valence-electron chi connectivity index (χ4n) is 3.56. The van der Waals surface area contributed by atoms with Crippen LogP contribution in [0.3, 0.4) is 0 Å². The number of aromatic nitrogens is 4. The summed E-state index contributed by atoms with van der Waals surface area (Å²) in [5.74, 6) is -0.993. The van der Waals surface area contributed by atoms with Gasteiger partial charge in [-0.2, -0.15) is 13.2 Å². The van der Waals surface area contributed by atoms with E-state index in [0.717, 1.165) is 15.7 Å². The number of aryl methyl sites for hydroxylation is 1. The van der Waals surface area contributed by atoms with Gasteiger partial charge in [-0.25, -0.2) is 15.0 Å². The highest BCUT2D eigenvalue weighted by Gasteiger charge is 2.38. The van der Waals surface area contributed by atoms with Crippen LogP contribution in [0, 0.1) is 6.92 Å². The smallest absolute Gasteiger partial charge is 0.380 e. The van der Waals surface area contributed by atoms with Crippen LogP contribution < -0.4 is 0 Å². The van der Waals surface area contributed by atoms with Crippen LogP contribution in [0.2, 0.25) is 0 Å². The summed E-state index contributed by atoms with van der Waals surface area (Å²) in [5.41, 5.74) is 2.89. The Balaban J connectivity index is 2.05. The third kappa shape index (κ3) is 2.39. The molecule has 9 heteroatoms. The molecular formula is C19H13F3N4OS. The number of ether oxygens (including phenoxy) is 1. The SMILES string of the molecule is COCc1cc(C)nc2sc3c(nc(C(F)(F)F)n4c5ccccc5nc34)c12. The minimum Gasteiger partial charge on any atom is -0.380 e. The molecule has 5 nitrogen and oxygen atoms in total. The Hall–Kier alpha value is -2.78. The molecule has 0 aliphatic carbocycles. The molecule has 0 bridgehead atoms. The maximum absolute atomic E-state index is 13.9. The molecule has 4 aromatic heterocycles. The predicted molar refractivity (Wildman–Crippen MR) is 102 cm³/mol. The first-order chi connectivity index (χ1) is 13.4. The first-order valence-electron chi connectivity index (χ1n) is 8.44. The molecule has 0 spiro atoms. The number of fused-ring (bicyclic) bond motifs is 7. The normalized spacial score (nSPS) is 12.8. The van der Waals surface area contributed by atoms with E-state index in [0.29, 0.717) is 25.9 Å². The Morgan fingerprint density at radius 3 is 2.68 bits per heavy atom.